The first-order valence-electron chi connectivity index (χ1n) is 6.15. The van der Waals surface area contributed by atoms with Crippen LogP contribution in [0.25, 0.3) is 0 Å². The van der Waals surface area contributed by atoms with E-state index in [9.17, 15) is 4.79 Å². The van der Waals surface area contributed by atoms with Gasteiger partial charge >= 0.3 is 5.97 Å². The Morgan fingerprint density at radius 1 is 1.59 bits per heavy atom. The summed E-state index contributed by atoms with van der Waals surface area (Å²) in [6, 6.07) is 1.52. The van der Waals surface area contributed by atoms with E-state index in [-0.39, 0.29) is 0 Å². The SMILES string of the molecule is CC1CCCC(Cn2cc(Cl)cc2C(=O)O)C1. The monoisotopic (exact) mass is 255 g/mol. The fourth-order valence-electron chi connectivity index (χ4n) is 2.81. The highest BCUT2D eigenvalue weighted by molar-refractivity contribution is 6.30. The molecule has 0 aromatic carbocycles. The summed E-state index contributed by atoms with van der Waals surface area (Å²) in [5.41, 5.74) is 0.299. The largest absolute Gasteiger partial charge is 0.477 e. The van der Waals surface area contributed by atoms with E-state index in [1.165, 1.54) is 31.7 Å². The second-order valence-corrected chi connectivity index (χ2v) is 5.58. The maximum absolute atomic E-state index is 11.1. The molecule has 0 saturated heterocycles. The third-order valence-electron chi connectivity index (χ3n) is 3.58. The first-order chi connectivity index (χ1) is 8.06. The molecule has 1 aliphatic carbocycles. The van der Waals surface area contributed by atoms with Crippen LogP contribution in [0.3, 0.4) is 0 Å². The van der Waals surface area contributed by atoms with Crippen LogP contribution in [0.2, 0.25) is 5.02 Å². The highest BCUT2D eigenvalue weighted by atomic mass is 35.5. The van der Waals surface area contributed by atoms with Gasteiger partial charge in [-0.05, 0) is 30.7 Å². The third kappa shape index (κ3) is 3.03. The van der Waals surface area contributed by atoms with Crippen LogP contribution in [0.15, 0.2) is 12.3 Å². The zero-order chi connectivity index (χ0) is 12.4. The molecule has 0 bridgehead atoms. The van der Waals surface area contributed by atoms with Crippen LogP contribution in [0.4, 0.5) is 0 Å². The number of hydrogen-bond donors (Lipinski definition) is 1. The minimum Gasteiger partial charge on any atom is -0.477 e. The van der Waals surface area contributed by atoms with Crippen LogP contribution in [-0.4, -0.2) is 15.6 Å². The Balaban J connectivity index is 2.09. The first-order valence-corrected chi connectivity index (χ1v) is 6.53. The summed E-state index contributed by atoms with van der Waals surface area (Å²) in [6.45, 7) is 3.05. The van der Waals surface area contributed by atoms with Gasteiger partial charge in [-0.2, -0.15) is 0 Å². The van der Waals surface area contributed by atoms with Gasteiger partial charge in [0.25, 0.3) is 0 Å². The molecule has 1 fully saturated rings. The van der Waals surface area contributed by atoms with E-state index >= 15 is 0 Å². The Labute approximate surface area is 106 Å². The highest BCUT2D eigenvalue weighted by Gasteiger charge is 2.21. The summed E-state index contributed by atoms with van der Waals surface area (Å²) in [5.74, 6) is 0.439. The molecule has 2 atom stereocenters. The van der Waals surface area contributed by atoms with Gasteiger partial charge < -0.3 is 9.67 Å². The van der Waals surface area contributed by atoms with Crippen LogP contribution in [-0.2, 0) is 6.54 Å². The molecule has 1 heterocycles. The van der Waals surface area contributed by atoms with Gasteiger partial charge in [0.2, 0.25) is 0 Å². The Morgan fingerprint density at radius 2 is 2.35 bits per heavy atom. The molecule has 1 saturated carbocycles. The standard InChI is InChI=1S/C13H18ClNO2/c1-9-3-2-4-10(5-9)7-15-8-11(14)6-12(15)13(16)17/h6,8-10H,2-5,7H2,1H3,(H,16,17). The van der Waals surface area contributed by atoms with Crippen LogP contribution in [0.5, 0.6) is 0 Å². The maximum Gasteiger partial charge on any atom is 0.352 e. The van der Waals surface area contributed by atoms with Gasteiger partial charge in [0, 0.05) is 12.7 Å². The van der Waals surface area contributed by atoms with E-state index in [1.54, 1.807) is 10.8 Å². The number of carbonyl (C=O) groups is 1. The highest BCUT2D eigenvalue weighted by Crippen LogP contribution is 2.30. The molecule has 2 rings (SSSR count). The molecule has 17 heavy (non-hydrogen) atoms. The van der Waals surface area contributed by atoms with Gasteiger partial charge in [0.05, 0.1) is 5.02 Å². The van der Waals surface area contributed by atoms with Crippen molar-refractivity contribution in [1.82, 2.24) is 4.57 Å². The van der Waals surface area contributed by atoms with Crippen molar-refractivity contribution in [2.75, 3.05) is 0 Å². The number of halogens is 1. The van der Waals surface area contributed by atoms with Gasteiger partial charge in [-0.3, -0.25) is 0 Å². The molecule has 0 spiro atoms. The average Bonchev–Trinajstić information content (AvgIpc) is 2.59. The predicted octanol–water partition coefficient (Wildman–Crippen LogP) is 3.67. The summed E-state index contributed by atoms with van der Waals surface area (Å²) < 4.78 is 1.79. The van der Waals surface area contributed by atoms with Gasteiger partial charge in [0.1, 0.15) is 5.69 Å². The van der Waals surface area contributed by atoms with Crippen molar-refractivity contribution >= 4 is 17.6 Å². The molecule has 0 radical (unpaired) electrons. The van der Waals surface area contributed by atoms with Crippen molar-refractivity contribution < 1.29 is 9.90 Å². The average molecular weight is 256 g/mol. The number of carboxylic acids is 1. The molecule has 1 N–H and O–H groups in total. The second-order valence-electron chi connectivity index (χ2n) is 5.14. The van der Waals surface area contributed by atoms with Crippen LogP contribution in [0, 0.1) is 11.8 Å². The Hall–Kier alpha value is -0.960. The van der Waals surface area contributed by atoms with E-state index in [0.29, 0.717) is 16.6 Å². The molecule has 1 aromatic rings. The van der Waals surface area contributed by atoms with Crippen LogP contribution < -0.4 is 0 Å². The minimum absolute atomic E-state index is 0.299. The van der Waals surface area contributed by atoms with Crippen molar-refractivity contribution in [3.8, 4) is 0 Å². The van der Waals surface area contributed by atoms with Gasteiger partial charge in [-0.25, -0.2) is 4.79 Å². The van der Waals surface area contributed by atoms with Gasteiger partial charge in [0.15, 0.2) is 0 Å². The molecule has 1 aromatic heterocycles. The van der Waals surface area contributed by atoms with Crippen LogP contribution in [0.1, 0.15) is 43.1 Å². The fraction of sp³-hybridized carbons (Fsp3) is 0.615. The zero-order valence-electron chi connectivity index (χ0n) is 10.0. The number of rotatable bonds is 3. The summed E-state index contributed by atoms with van der Waals surface area (Å²) in [7, 11) is 0. The maximum atomic E-state index is 11.1. The van der Waals surface area contributed by atoms with Crippen molar-refractivity contribution in [3.05, 3.63) is 23.0 Å². The Bertz CT molecular complexity index is 414. The number of aromatic nitrogens is 1. The van der Waals surface area contributed by atoms with E-state index in [1.807, 2.05) is 0 Å². The molecule has 0 amide bonds. The second kappa shape index (κ2) is 5.13. The number of hydrogen-bond acceptors (Lipinski definition) is 1. The van der Waals surface area contributed by atoms with Crippen molar-refractivity contribution in [1.29, 1.82) is 0 Å². The lowest BCUT2D eigenvalue weighted by Crippen LogP contribution is -2.20. The third-order valence-corrected chi connectivity index (χ3v) is 3.79. The van der Waals surface area contributed by atoms with Crippen molar-refractivity contribution in [3.63, 3.8) is 0 Å². The molecule has 3 nitrogen and oxygen atoms in total. The molecule has 94 valence electrons. The first kappa shape index (κ1) is 12.5. The summed E-state index contributed by atoms with van der Waals surface area (Å²) in [4.78, 5) is 11.1. The van der Waals surface area contributed by atoms with E-state index in [2.05, 4.69) is 6.92 Å². The lowest BCUT2D eigenvalue weighted by atomic mass is 9.82. The van der Waals surface area contributed by atoms with E-state index in [0.717, 1.165) is 12.5 Å². The molecule has 1 aliphatic rings. The molecule has 4 heteroatoms. The molecular weight excluding hydrogens is 238 g/mol. The number of aromatic carboxylic acids is 1. The lowest BCUT2D eigenvalue weighted by Gasteiger charge is -2.27. The number of carboxylic acid groups (broad SMARTS) is 1. The summed E-state index contributed by atoms with van der Waals surface area (Å²) in [5, 5.41) is 9.59. The molecule has 2 unspecified atom stereocenters. The smallest absolute Gasteiger partial charge is 0.352 e. The van der Waals surface area contributed by atoms with Gasteiger partial charge in [-0.15, -0.1) is 0 Å². The van der Waals surface area contributed by atoms with Gasteiger partial charge in [-0.1, -0.05) is 31.4 Å². The normalized spacial score (nSPS) is 24.8. The van der Waals surface area contributed by atoms with Crippen molar-refractivity contribution in [2.45, 2.75) is 39.2 Å². The molecule has 0 aliphatic heterocycles. The van der Waals surface area contributed by atoms with E-state index in [4.69, 9.17) is 16.7 Å². The van der Waals surface area contributed by atoms with Crippen LogP contribution >= 0.6 is 11.6 Å². The molecular formula is C13H18ClNO2. The predicted molar refractivity (Wildman–Crippen MR) is 67.5 cm³/mol. The topological polar surface area (TPSA) is 42.2 Å². The lowest BCUT2D eigenvalue weighted by molar-refractivity contribution is 0.0683. The Kier molecular flexibility index (Phi) is 3.77. The Morgan fingerprint density at radius 3 is 3.00 bits per heavy atom. The minimum atomic E-state index is -0.902. The zero-order valence-corrected chi connectivity index (χ0v) is 10.8. The summed E-state index contributed by atoms with van der Waals surface area (Å²) in [6.07, 6.45) is 6.66. The summed E-state index contributed by atoms with van der Waals surface area (Å²) >= 11 is 5.87. The fourth-order valence-corrected chi connectivity index (χ4v) is 3.03. The quantitative estimate of drug-likeness (QED) is 0.896. The number of nitrogens with zero attached hydrogens (tertiary/aromatic N) is 1. The van der Waals surface area contributed by atoms with Crippen molar-refractivity contribution in [2.24, 2.45) is 11.8 Å². The van der Waals surface area contributed by atoms with E-state index < -0.39 is 5.97 Å².